The number of carbonyl (C=O) groups is 1. The molecule has 2 aliphatic rings. The number of carbonyl (C=O) groups excluding carboxylic acids is 1. The van der Waals surface area contributed by atoms with E-state index in [1.54, 1.807) is 0 Å². The average Bonchev–Trinajstić information content (AvgIpc) is 3.07. The summed E-state index contributed by atoms with van der Waals surface area (Å²) in [7, 11) is 0. The van der Waals surface area contributed by atoms with E-state index in [2.05, 4.69) is 5.48 Å². The molecule has 0 heterocycles. The van der Waals surface area contributed by atoms with Crippen molar-refractivity contribution in [2.75, 3.05) is 0 Å². The molecule has 19 heavy (non-hydrogen) atoms. The average molecular weight is 280 g/mol. The van der Waals surface area contributed by atoms with E-state index in [0.717, 1.165) is 31.2 Å². The van der Waals surface area contributed by atoms with Gasteiger partial charge in [-0.3, -0.25) is 9.63 Å². The van der Waals surface area contributed by atoms with E-state index < -0.39 is 0 Å². The predicted molar refractivity (Wildman–Crippen MR) is 73.8 cm³/mol. The number of hydrogen-bond acceptors (Lipinski definition) is 2. The molecule has 3 nitrogen and oxygen atoms in total. The van der Waals surface area contributed by atoms with Crippen molar-refractivity contribution in [3.63, 3.8) is 0 Å². The lowest BCUT2D eigenvalue weighted by atomic mass is 9.95. The van der Waals surface area contributed by atoms with Crippen LogP contribution in [0.25, 0.3) is 0 Å². The zero-order chi connectivity index (χ0) is 13.3. The minimum absolute atomic E-state index is 0.0123. The van der Waals surface area contributed by atoms with Crippen LogP contribution in [0.3, 0.4) is 0 Å². The summed E-state index contributed by atoms with van der Waals surface area (Å²) in [5.41, 5.74) is 3.31. The van der Waals surface area contributed by atoms with Gasteiger partial charge in [-0.05, 0) is 43.4 Å². The lowest BCUT2D eigenvalue weighted by Gasteiger charge is -2.18. The SMILES string of the molecule is O=C(NOC1CCCC1)C1(c2ccc(Cl)cc2)CC1. The van der Waals surface area contributed by atoms with E-state index in [-0.39, 0.29) is 17.4 Å². The molecule has 1 amide bonds. The maximum atomic E-state index is 12.3. The molecule has 0 saturated heterocycles. The Morgan fingerprint density at radius 2 is 1.84 bits per heavy atom. The molecule has 0 aromatic heterocycles. The number of hydrogen-bond donors (Lipinski definition) is 1. The Bertz CT molecular complexity index is 462. The molecule has 4 heteroatoms. The first-order valence-electron chi connectivity index (χ1n) is 6.93. The van der Waals surface area contributed by atoms with Crippen molar-refractivity contribution in [1.82, 2.24) is 5.48 Å². The van der Waals surface area contributed by atoms with Crippen LogP contribution in [0, 0.1) is 0 Å². The second kappa shape index (κ2) is 5.14. The van der Waals surface area contributed by atoms with Crippen LogP contribution in [0.15, 0.2) is 24.3 Å². The van der Waals surface area contributed by atoms with Gasteiger partial charge in [-0.25, -0.2) is 5.48 Å². The van der Waals surface area contributed by atoms with Gasteiger partial charge in [0.15, 0.2) is 0 Å². The molecule has 0 spiro atoms. The van der Waals surface area contributed by atoms with E-state index in [1.165, 1.54) is 12.8 Å². The predicted octanol–water partition coefficient (Wildman–Crippen LogP) is 3.36. The van der Waals surface area contributed by atoms with Crippen LogP contribution < -0.4 is 5.48 Å². The Labute approximate surface area is 118 Å². The van der Waals surface area contributed by atoms with Crippen molar-refractivity contribution in [2.45, 2.75) is 50.0 Å². The Morgan fingerprint density at radius 3 is 2.42 bits per heavy atom. The third-order valence-electron chi connectivity index (χ3n) is 4.20. The van der Waals surface area contributed by atoms with E-state index >= 15 is 0 Å². The number of benzene rings is 1. The highest BCUT2D eigenvalue weighted by atomic mass is 35.5. The molecule has 3 rings (SSSR count). The molecule has 1 aromatic rings. The van der Waals surface area contributed by atoms with Crippen LogP contribution in [0.4, 0.5) is 0 Å². The second-order valence-corrected chi connectivity index (χ2v) is 5.98. The Hall–Kier alpha value is -1.06. The number of halogens is 1. The first kappa shape index (κ1) is 12.9. The van der Waals surface area contributed by atoms with Gasteiger partial charge in [0.25, 0.3) is 5.91 Å². The van der Waals surface area contributed by atoms with Crippen LogP contribution >= 0.6 is 11.6 Å². The van der Waals surface area contributed by atoms with E-state index in [9.17, 15) is 4.79 Å². The highest BCUT2D eigenvalue weighted by Gasteiger charge is 2.51. The van der Waals surface area contributed by atoms with E-state index in [1.807, 2.05) is 24.3 Å². The third kappa shape index (κ3) is 2.63. The number of rotatable bonds is 4. The summed E-state index contributed by atoms with van der Waals surface area (Å²) >= 11 is 5.88. The Kier molecular flexibility index (Phi) is 3.50. The summed E-state index contributed by atoms with van der Waals surface area (Å²) in [5, 5.41) is 0.696. The second-order valence-electron chi connectivity index (χ2n) is 5.54. The van der Waals surface area contributed by atoms with Gasteiger partial charge < -0.3 is 0 Å². The minimum atomic E-state index is -0.386. The summed E-state index contributed by atoms with van der Waals surface area (Å²) in [6.45, 7) is 0. The molecule has 0 bridgehead atoms. The highest BCUT2D eigenvalue weighted by molar-refractivity contribution is 6.30. The summed E-state index contributed by atoms with van der Waals surface area (Å²) in [6.07, 6.45) is 6.46. The molecule has 0 radical (unpaired) electrons. The van der Waals surface area contributed by atoms with Crippen molar-refractivity contribution in [1.29, 1.82) is 0 Å². The minimum Gasteiger partial charge on any atom is -0.272 e. The fourth-order valence-electron chi connectivity index (χ4n) is 2.78. The number of amides is 1. The van der Waals surface area contributed by atoms with Crippen molar-refractivity contribution < 1.29 is 9.63 Å². The molecule has 2 saturated carbocycles. The van der Waals surface area contributed by atoms with Crippen LogP contribution in [0.2, 0.25) is 5.02 Å². The van der Waals surface area contributed by atoms with Gasteiger partial charge in [0.05, 0.1) is 11.5 Å². The van der Waals surface area contributed by atoms with Gasteiger partial charge in [0.2, 0.25) is 0 Å². The summed E-state index contributed by atoms with van der Waals surface area (Å²) in [4.78, 5) is 17.8. The van der Waals surface area contributed by atoms with Crippen molar-refractivity contribution >= 4 is 17.5 Å². The zero-order valence-corrected chi connectivity index (χ0v) is 11.6. The fraction of sp³-hybridized carbons (Fsp3) is 0.533. The Morgan fingerprint density at radius 1 is 1.21 bits per heavy atom. The molecule has 2 fully saturated rings. The van der Waals surface area contributed by atoms with E-state index in [0.29, 0.717) is 5.02 Å². The van der Waals surface area contributed by atoms with Crippen molar-refractivity contribution in [2.24, 2.45) is 0 Å². The normalized spacial score (nSPS) is 21.3. The molecule has 0 unspecified atom stereocenters. The smallest absolute Gasteiger partial charge is 0.254 e. The summed E-state index contributed by atoms with van der Waals surface area (Å²) in [6, 6.07) is 7.54. The van der Waals surface area contributed by atoms with Crippen LogP contribution in [-0.2, 0) is 15.0 Å². The van der Waals surface area contributed by atoms with Crippen molar-refractivity contribution in [3.05, 3.63) is 34.9 Å². The van der Waals surface area contributed by atoms with Gasteiger partial charge in [-0.1, -0.05) is 36.6 Å². The molecule has 102 valence electrons. The topological polar surface area (TPSA) is 38.3 Å². The first-order valence-corrected chi connectivity index (χ1v) is 7.31. The fourth-order valence-corrected chi connectivity index (χ4v) is 2.91. The molecule has 0 atom stereocenters. The molecule has 1 N–H and O–H groups in total. The lowest BCUT2D eigenvalue weighted by Crippen LogP contribution is -2.36. The molecule has 2 aliphatic carbocycles. The maximum Gasteiger partial charge on any atom is 0.254 e. The zero-order valence-electron chi connectivity index (χ0n) is 10.8. The third-order valence-corrected chi connectivity index (χ3v) is 4.45. The monoisotopic (exact) mass is 279 g/mol. The molecular formula is C15H18ClNO2. The van der Waals surface area contributed by atoms with Crippen LogP contribution in [-0.4, -0.2) is 12.0 Å². The Balaban J connectivity index is 1.63. The maximum absolute atomic E-state index is 12.3. The standard InChI is InChI=1S/C15H18ClNO2/c16-12-7-5-11(6-8-12)15(9-10-15)14(18)17-19-13-3-1-2-4-13/h5-8,13H,1-4,9-10H2,(H,17,18). The lowest BCUT2D eigenvalue weighted by molar-refractivity contribution is -0.140. The van der Waals surface area contributed by atoms with Gasteiger partial charge >= 0.3 is 0 Å². The van der Waals surface area contributed by atoms with Crippen molar-refractivity contribution in [3.8, 4) is 0 Å². The summed E-state index contributed by atoms with van der Waals surface area (Å²) < 4.78 is 0. The van der Waals surface area contributed by atoms with Crippen LogP contribution in [0.1, 0.15) is 44.1 Å². The molecule has 1 aromatic carbocycles. The first-order chi connectivity index (χ1) is 9.21. The number of nitrogens with one attached hydrogen (secondary N) is 1. The molecular weight excluding hydrogens is 262 g/mol. The number of hydroxylamine groups is 1. The highest BCUT2D eigenvalue weighted by Crippen LogP contribution is 2.48. The van der Waals surface area contributed by atoms with Gasteiger partial charge in [0, 0.05) is 5.02 Å². The quantitative estimate of drug-likeness (QED) is 0.858. The van der Waals surface area contributed by atoms with Crippen LogP contribution in [0.5, 0.6) is 0 Å². The largest absolute Gasteiger partial charge is 0.272 e. The van der Waals surface area contributed by atoms with Gasteiger partial charge in [0.1, 0.15) is 0 Å². The van der Waals surface area contributed by atoms with E-state index in [4.69, 9.17) is 16.4 Å². The molecule has 0 aliphatic heterocycles. The summed E-state index contributed by atoms with van der Waals surface area (Å²) in [5.74, 6) is -0.0123. The van der Waals surface area contributed by atoms with Gasteiger partial charge in [-0.15, -0.1) is 0 Å². The van der Waals surface area contributed by atoms with Gasteiger partial charge in [-0.2, -0.15) is 0 Å².